The van der Waals surface area contributed by atoms with E-state index >= 15 is 0 Å². The van der Waals surface area contributed by atoms with Crippen LogP contribution in [0.5, 0.6) is 0 Å². The van der Waals surface area contributed by atoms with E-state index in [2.05, 4.69) is 10.1 Å². The fourth-order valence-corrected chi connectivity index (χ4v) is 1.35. The van der Waals surface area contributed by atoms with Crippen LogP contribution in [0.3, 0.4) is 0 Å². The predicted molar refractivity (Wildman–Crippen MR) is 60.1 cm³/mol. The van der Waals surface area contributed by atoms with Crippen LogP contribution in [0.4, 0.5) is 4.39 Å². The average Bonchev–Trinajstić information content (AvgIpc) is 2.30. The second-order valence-electron chi connectivity index (χ2n) is 3.68. The van der Waals surface area contributed by atoms with E-state index in [4.69, 9.17) is 0 Å². The predicted octanol–water partition coefficient (Wildman–Crippen LogP) is 1.43. The van der Waals surface area contributed by atoms with Gasteiger partial charge in [-0.2, -0.15) is 0 Å². The number of esters is 1. The Kier molecular flexibility index (Phi) is 4.20. The highest BCUT2D eigenvalue weighted by Crippen LogP contribution is 2.10. The van der Waals surface area contributed by atoms with E-state index < -0.39 is 23.7 Å². The number of carbonyl (C=O) groups is 2. The topological polar surface area (TPSA) is 55.4 Å². The van der Waals surface area contributed by atoms with E-state index in [0.717, 1.165) is 6.07 Å². The van der Waals surface area contributed by atoms with Gasteiger partial charge < -0.3 is 10.1 Å². The largest absolute Gasteiger partial charge is 0.467 e. The summed E-state index contributed by atoms with van der Waals surface area (Å²) in [7, 11) is 1.23. The summed E-state index contributed by atoms with van der Waals surface area (Å²) in [6.07, 6.45) is 0. The molecule has 1 aromatic rings. The lowest BCUT2D eigenvalue weighted by Crippen LogP contribution is -2.39. The van der Waals surface area contributed by atoms with Gasteiger partial charge in [-0.05, 0) is 31.5 Å². The Morgan fingerprint density at radius 3 is 2.65 bits per heavy atom. The number of amides is 1. The van der Waals surface area contributed by atoms with Crippen LogP contribution < -0.4 is 5.32 Å². The average molecular weight is 239 g/mol. The third kappa shape index (κ3) is 3.27. The van der Waals surface area contributed by atoms with Gasteiger partial charge in [-0.1, -0.05) is 6.07 Å². The minimum Gasteiger partial charge on any atom is -0.467 e. The molecule has 1 rings (SSSR count). The Hall–Kier alpha value is -1.91. The molecule has 1 N–H and O–H groups in total. The zero-order chi connectivity index (χ0) is 13.0. The Balaban J connectivity index is 2.83. The molecule has 1 atom stereocenters. The Bertz CT molecular complexity index is 445. The van der Waals surface area contributed by atoms with Gasteiger partial charge in [-0.15, -0.1) is 0 Å². The van der Waals surface area contributed by atoms with Gasteiger partial charge in [0.2, 0.25) is 0 Å². The minimum atomic E-state index is -0.768. The van der Waals surface area contributed by atoms with E-state index in [1.54, 1.807) is 6.92 Å². The molecule has 1 aromatic carbocycles. The van der Waals surface area contributed by atoms with Crippen LogP contribution in [-0.4, -0.2) is 25.0 Å². The van der Waals surface area contributed by atoms with Crippen molar-refractivity contribution in [2.24, 2.45) is 0 Å². The van der Waals surface area contributed by atoms with Crippen molar-refractivity contribution >= 4 is 11.9 Å². The van der Waals surface area contributed by atoms with Gasteiger partial charge in [0, 0.05) is 5.56 Å². The number of ether oxygens (including phenoxy) is 1. The summed E-state index contributed by atoms with van der Waals surface area (Å²) in [5.41, 5.74) is 0.849. The minimum absolute atomic E-state index is 0.209. The lowest BCUT2D eigenvalue weighted by molar-refractivity contribution is -0.142. The Labute approximate surface area is 98.8 Å². The number of methoxy groups -OCH3 is 1. The van der Waals surface area contributed by atoms with Crippen molar-refractivity contribution < 1.29 is 18.7 Å². The molecule has 5 heteroatoms. The van der Waals surface area contributed by atoms with Gasteiger partial charge in [0.25, 0.3) is 5.91 Å². The lowest BCUT2D eigenvalue weighted by atomic mass is 10.1. The second kappa shape index (κ2) is 5.43. The molecule has 17 heavy (non-hydrogen) atoms. The summed E-state index contributed by atoms with van der Waals surface area (Å²) in [5, 5.41) is 2.43. The van der Waals surface area contributed by atoms with Gasteiger partial charge >= 0.3 is 5.97 Å². The first-order valence-corrected chi connectivity index (χ1v) is 5.10. The highest BCUT2D eigenvalue weighted by molar-refractivity contribution is 5.97. The number of hydrogen-bond donors (Lipinski definition) is 1. The smallest absolute Gasteiger partial charge is 0.328 e. The Morgan fingerprint density at radius 2 is 2.06 bits per heavy atom. The van der Waals surface area contributed by atoms with Crippen LogP contribution in [0.1, 0.15) is 22.8 Å². The summed E-state index contributed by atoms with van der Waals surface area (Å²) in [6.45, 7) is 3.19. The van der Waals surface area contributed by atoms with Crippen molar-refractivity contribution in [2.45, 2.75) is 19.9 Å². The molecule has 0 aromatic heterocycles. The van der Waals surface area contributed by atoms with E-state index in [1.165, 1.54) is 26.2 Å². The molecule has 0 saturated heterocycles. The molecule has 0 aliphatic heterocycles. The van der Waals surface area contributed by atoms with Gasteiger partial charge in [0.05, 0.1) is 7.11 Å². The molecule has 0 heterocycles. The SMILES string of the molecule is COC(=O)C(C)NC(=O)c1cc(F)ccc1C. The zero-order valence-electron chi connectivity index (χ0n) is 9.91. The number of aryl methyl sites for hydroxylation is 1. The first-order valence-electron chi connectivity index (χ1n) is 5.10. The molecular weight excluding hydrogens is 225 g/mol. The molecule has 0 aliphatic carbocycles. The number of benzene rings is 1. The number of nitrogens with one attached hydrogen (secondary N) is 1. The van der Waals surface area contributed by atoms with Crippen LogP contribution in [0, 0.1) is 12.7 Å². The van der Waals surface area contributed by atoms with Crippen LogP contribution in [0.15, 0.2) is 18.2 Å². The van der Waals surface area contributed by atoms with Crippen LogP contribution in [0.25, 0.3) is 0 Å². The highest BCUT2D eigenvalue weighted by Gasteiger charge is 2.18. The summed E-state index contributed by atoms with van der Waals surface area (Å²) >= 11 is 0. The Morgan fingerprint density at radius 1 is 1.41 bits per heavy atom. The molecule has 1 unspecified atom stereocenters. The standard InChI is InChI=1S/C12H14FNO3/c1-7-4-5-9(13)6-10(7)11(15)14-8(2)12(16)17-3/h4-6,8H,1-3H3,(H,14,15). The van der Waals surface area contributed by atoms with Crippen LogP contribution >= 0.6 is 0 Å². The van der Waals surface area contributed by atoms with Gasteiger partial charge in [0.1, 0.15) is 11.9 Å². The summed E-state index contributed by atoms with van der Waals surface area (Å²) in [6, 6.07) is 3.15. The van der Waals surface area contributed by atoms with Crippen molar-refractivity contribution in [3.63, 3.8) is 0 Å². The molecule has 0 fully saturated rings. The normalized spacial score (nSPS) is 11.8. The van der Waals surface area contributed by atoms with Gasteiger partial charge in [-0.25, -0.2) is 9.18 Å². The summed E-state index contributed by atoms with van der Waals surface area (Å²) in [4.78, 5) is 22.9. The third-order valence-corrected chi connectivity index (χ3v) is 2.35. The van der Waals surface area contributed by atoms with Crippen LogP contribution in [-0.2, 0) is 9.53 Å². The summed E-state index contributed by atoms with van der Waals surface area (Å²) < 4.78 is 17.5. The first-order chi connectivity index (χ1) is 7.95. The van der Waals surface area contributed by atoms with Crippen molar-refractivity contribution in [1.82, 2.24) is 5.32 Å². The lowest BCUT2D eigenvalue weighted by Gasteiger charge is -2.12. The summed E-state index contributed by atoms with van der Waals surface area (Å²) in [5.74, 6) is -1.54. The third-order valence-electron chi connectivity index (χ3n) is 2.35. The van der Waals surface area contributed by atoms with Crippen LogP contribution in [0.2, 0.25) is 0 Å². The van der Waals surface area contributed by atoms with Crippen molar-refractivity contribution in [3.05, 3.63) is 35.1 Å². The molecule has 4 nitrogen and oxygen atoms in total. The van der Waals surface area contributed by atoms with Crippen molar-refractivity contribution in [1.29, 1.82) is 0 Å². The molecular formula is C12H14FNO3. The first kappa shape index (κ1) is 13.2. The quantitative estimate of drug-likeness (QED) is 0.812. The van der Waals surface area contributed by atoms with E-state index in [0.29, 0.717) is 5.56 Å². The number of halogens is 1. The number of carbonyl (C=O) groups excluding carboxylic acids is 2. The van der Waals surface area contributed by atoms with E-state index in [1.807, 2.05) is 0 Å². The molecule has 0 aliphatic rings. The van der Waals surface area contributed by atoms with E-state index in [9.17, 15) is 14.0 Å². The number of rotatable bonds is 3. The maximum Gasteiger partial charge on any atom is 0.328 e. The number of hydrogen-bond acceptors (Lipinski definition) is 3. The molecule has 92 valence electrons. The van der Waals surface area contributed by atoms with Crippen molar-refractivity contribution in [2.75, 3.05) is 7.11 Å². The maximum absolute atomic E-state index is 13.0. The second-order valence-corrected chi connectivity index (χ2v) is 3.68. The zero-order valence-corrected chi connectivity index (χ0v) is 9.91. The van der Waals surface area contributed by atoms with Gasteiger partial charge in [-0.3, -0.25) is 4.79 Å². The van der Waals surface area contributed by atoms with Crippen molar-refractivity contribution in [3.8, 4) is 0 Å². The molecule has 0 radical (unpaired) electrons. The maximum atomic E-state index is 13.0. The highest BCUT2D eigenvalue weighted by atomic mass is 19.1. The molecule has 0 saturated carbocycles. The molecule has 0 spiro atoms. The fraction of sp³-hybridized carbons (Fsp3) is 0.333. The fourth-order valence-electron chi connectivity index (χ4n) is 1.35. The van der Waals surface area contributed by atoms with Gasteiger partial charge in [0.15, 0.2) is 0 Å². The van der Waals surface area contributed by atoms with E-state index in [-0.39, 0.29) is 5.56 Å². The molecule has 0 bridgehead atoms. The monoisotopic (exact) mass is 239 g/mol. The molecule has 1 amide bonds.